The predicted molar refractivity (Wildman–Crippen MR) is 86.8 cm³/mol. The smallest absolute Gasteiger partial charge is 0.311 e. The molecule has 0 aliphatic rings. The Morgan fingerprint density at radius 3 is 2.67 bits per heavy atom. The Morgan fingerprint density at radius 2 is 2.00 bits per heavy atom. The third-order valence-corrected chi connectivity index (χ3v) is 3.56. The van der Waals surface area contributed by atoms with Crippen LogP contribution in [0.5, 0.6) is 5.75 Å². The first-order valence-corrected chi connectivity index (χ1v) is 7.27. The van der Waals surface area contributed by atoms with Crippen LogP contribution >= 0.6 is 0 Å². The maximum Gasteiger partial charge on any atom is 0.311 e. The molecule has 1 heterocycles. The number of rotatable bonds is 5. The molecule has 0 atom stereocenters. The molecule has 2 aromatic carbocycles. The number of imidazole rings is 1. The number of carboxylic acids is 1. The average molecular weight is 326 g/mol. The fourth-order valence-corrected chi connectivity index (χ4v) is 2.43. The van der Waals surface area contributed by atoms with Gasteiger partial charge in [-0.15, -0.1) is 0 Å². The van der Waals surface area contributed by atoms with Crippen molar-refractivity contribution in [1.82, 2.24) is 9.55 Å². The molecule has 5 nitrogen and oxygen atoms in total. The topological polar surface area (TPSA) is 64.3 Å². The van der Waals surface area contributed by atoms with Gasteiger partial charge in [-0.2, -0.15) is 0 Å². The van der Waals surface area contributed by atoms with Crippen LogP contribution in [-0.4, -0.2) is 27.7 Å². The van der Waals surface area contributed by atoms with Gasteiger partial charge >= 0.3 is 5.97 Å². The van der Waals surface area contributed by atoms with E-state index in [1.807, 2.05) is 24.3 Å². The summed E-state index contributed by atoms with van der Waals surface area (Å²) in [5.74, 6) is -0.289. The van der Waals surface area contributed by atoms with Crippen LogP contribution in [0.2, 0.25) is 0 Å². The van der Waals surface area contributed by atoms with E-state index < -0.39 is 5.97 Å². The number of methoxy groups -OCH3 is 1. The third-order valence-electron chi connectivity index (χ3n) is 3.56. The molecular formula is C18H15FN2O3. The second-order valence-corrected chi connectivity index (χ2v) is 5.19. The quantitative estimate of drug-likeness (QED) is 0.781. The molecule has 1 aromatic heterocycles. The van der Waals surface area contributed by atoms with E-state index in [0.717, 1.165) is 5.56 Å². The Kier molecular flexibility index (Phi) is 4.29. The van der Waals surface area contributed by atoms with Gasteiger partial charge in [0.2, 0.25) is 0 Å². The fraction of sp³-hybridized carbons (Fsp3) is 0.111. The lowest BCUT2D eigenvalue weighted by Gasteiger charge is -2.05. The van der Waals surface area contributed by atoms with Crippen LogP contribution in [0.15, 0.2) is 54.7 Å². The van der Waals surface area contributed by atoms with E-state index in [4.69, 9.17) is 9.84 Å². The summed E-state index contributed by atoms with van der Waals surface area (Å²) in [5, 5.41) is 9.11. The maximum atomic E-state index is 13.1. The molecule has 0 fully saturated rings. The van der Waals surface area contributed by atoms with Crippen molar-refractivity contribution in [2.24, 2.45) is 0 Å². The molecule has 0 amide bonds. The van der Waals surface area contributed by atoms with Crippen LogP contribution in [0, 0.1) is 5.82 Å². The zero-order valence-electron chi connectivity index (χ0n) is 12.9. The van der Waals surface area contributed by atoms with Crippen molar-refractivity contribution in [3.63, 3.8) is 0 Å². The molecule has 3 aromatic rings. The number of hydrogen-bond acceptors (Lipinski definition) is 3. The molecule has 3 rings (SSSR count). The molecule has 6 heteroatoms. The number of halogens is 1. The van der Waals surface area contributed by atoms with Gasteiger partial charge in [-0.1, -0.05) is 12.1 Å². The minimum Gasteiger partial charge on any atom is -0.497 e. The first kappa shape index (κ1) is 15.7. The van der Waals surface area contributed by atoms with Gasteiger partial charge < -0.3 is 14.4 Å². The molecule has 24 heavy (non-hydrogen) atoms. The summed E-state index contributed by atoms with van der Waals surface area (Å²) in [5.41, 5.74) is 2.07. The zero-order valence-corrected chi connectivity index (χ0v) is 12.9. The number of aliphatic carboxylic acids is 1. The molecule has 0 saturated carbocycles. The number of nitrogens with zero attached hydrogens (tertiary/aromatic N) is 2. The van der Waals surface area contributed by atoms with Crippen LogP contribution in [-0.2, 0) is 11.2 Å². The van der Waals surface area contributed by atoms with E-state index in [9.17, 15) is 9.18 Å². The Bertz CT molecular complexity index is 872. The highest BCUT2D eigenvalue weighted by Crippen LogP contribution is 2.25. The van der Waals surface area contributed by atoms with Crippen molar-refractivity contribution >= 4 is 5.97 Å². The van der Waals surface area contributed by atoms with Crippen LogP contribution in [0.25, 0.3) is 16.9 Å². The van der Waals surface area contributed by atoms with Gasteiger partial charge in [0, 0.05) is 17.4 Å². The standard InChI is InChI=1S/C18H15FN2O3/c1-24-15-4-2-3-12(9-15)16-11-21(17(20-16)10-18(22)23)14-7-5-13(19)6-8-14/h2-9,11H,10H2,1H3,(H,22,23). The maximum absolute atomic E-state index is 13.1. The molecular weight excluding hydrogens is 311 g/mol. The van der Waals surface area contributed by atoms with Gasteiger partial charge in [0.15, 0.2) is 0 Å². The minimum absolute atomic E-state index is 0.235. The molecule has 0 aliphatic carbocycles. The van der Waals surface area contributed by atoms with E-state index in [1.54, 1.807) is 30.0 Å². The summed E-state index contributed by atoms with van der Waals surface area (Å²) in [6.07, 6.45) is 1.50. The zero-order chi connectivity index (χ0) is 17.1. The van der Waals surface area contributed by atoms with Crippen LogP contribution in [0.1, 0.15) is 5.82 Å². The van der Waals surface area contributed by atoms with Crippen molar-refractivity contribution in [2.75, 3.05) is 7.11 Å². The number of hydrogen-bond donors (Lipinski definition) is 1. The number of carboxylic acid groups (broad SMARTS) is 1. The number of benzene rings is 2. The minimum atomic E-state index is -0.985. The van der Waals surface area contributed by atoms with Crippen molar-refractivity contribution in [1.29, 1.82) is 0 Å². The highest BCUT2D eigenvalue weighted by Gasteiger charge is 2.14. The summed E-state index contributed by atoms with van der Waals surface area (Å²) in [6, 6.07) is 13.2. The fourth-order valence-electron chi connectivity index (χ4n) is 2.43. The van der Waals surface area contributed by atoms with E-state index in [1.165, 1.54) is 12.1 Å². The molecule has 0 bridgehead atoms. The SMILES string of the molecule is COc1cccc(-c2cn(-c3ccc(F)cc3)c(CC(=O)O)n2)c1. The highest BCUT2D eigenvalue weighted by atomic mass is 19.1. The van der Waals surface area contributed by atoms with Crippen LogP contribution in [0.4, 0.5) is 4.39 Å². The van der Waals surface area contributed by atoms with Crippen molar-refractivity contribution in [3.05, 3.63) is 66.4 Å². The Balaban J connectivity index is 2.08. The van der Waals surface area contributed by atoms with Gasteiger partial charge in [-0.05, 0) is 36.4 Å². The second-order valence-electron chi connectivity index (χ2n) is 5.19. The third kappa shape index (κ3) is 3.27. The Morgan fingerprint density at radius 1 is 1.25 bits per heavy atom. The van der Waals surface area contributed by atoms with E-state index in [2.05, 4.69) is 4.98 Å². The monoisotopic (exact) mass is 326 g/mol. The molecule has 122 valence electrons. The summed E-state index contributed by atoms with van der Waals surface area (Å²) in [6.45, 7) is 0. The summed E-state index contributed by atoms with van der Waals surface area (Å²) < 4.78 is 20.0. The predicted octanol–water partition coefficient (Wildman–Crippen LogP) is 3.31. The van der Waals surface area contributed by atoms with Gasteiger partial charge in [-0.3, -0.25) is 4.79 Å². The lowest BCUT2D eigenvalue weighted by Crippen LogP contribution is -2.07. The van der Waals surface area contributed by atoms with Gasteiger partial charge in [0.05, 0.1) is 12.8 Å². The number of carbonyl (C=O) groups is 1. The summed E-state index contributed by atoms with van der Waals surface area (Å²) >= 11 is 0. The summed E-state index contributed by atoms with van der Waals surface area (Å²) in [4.78, 5) is 15.5. The van der Waals surface area contributed by atoms with E-state index in [0.29, 0.717) is 23.0 Å². The Labute approximate surface area is 138 Å². The Hall–Kier alpha value is -3.15. The second kappa shape index (κ2) is 6.54. The molecule has 0 spiro atoms. The lowest BCUT2D eigenvalue weighted by molar-refractivity contribution is -0.136. The van der Waals surface area contributed by atoms with Gasteiger partial charge in [-0.25, -0.2) is 9.37 Å². The molecule has 0 radical (unpaired) electrons. The van der Waals surface area contributed by atoms with Crippen molar-refractivity contribution in [2.45, 2.75) is 6.42 Å². The first-order valence-electron chi connectivity index (χ1n) is 7.27. The lowest BCUT2D eigenvalue weighted by atomic mass is 10.1. The molecule has 0 saturated heterocycles. The highest BCUT2D eigenvalue weighted by molar-refractivity contribution is 5.70. The van der Waals surface area contributed by atoms with Gasteiger partial charge in [0.25, 0.3) is 0 Å². The van der Waals surface area contributed by atoms with Crippen molar-refractivity contribution < 1.29 is 19.0 Å². The largest absolute Gasteiger partial charge is 0.497 e. The van der Waals surface area contributed by atoms with Crippen molar-refractivity contribution in [3.8, 4) is 22.7 Å². The van der Waals surface area contributed by atoms with Crippen LogP contribution < -0.4 is 4.74 Å². The summed E-state index contributed by atoms with van der Waals surface area (Å²) in [7, 11) is 1.58. The normalized spacial score (nSPS) is 10.6. The van der Waals surface area contributed by atoms with E-state index >= 15 is 0 Å². The number of aromatic nitrogens is 2. The molecule has 1 N–H and O–H groups in total. The van der Waals surface area contributed by atoms with Crippen LogP contribution in [0.3, 0.4) is 0 Å². The van der Waals surface area contributed by atoms with Gasteiger partial charge in [0.1, 0.15) is 23.8 Å². The molecule has 0 aliphatic heterocycles. The average Bonchev–Trinajstić information content (AvgIpc) is 2.99. The molecule has 0 unspecified atom stereocenters. The number of ether oxygens (including phenoxy) is 1. The van der Waals surface area contributed by atoms with E-state index in [-0.39, 0.29) is 12.2 Å². The first-order chi connectivity index (χ1) is 11.6.